The van der Waals surface area contributed by atoms with Crippen LogP contribution in [0.3, 0.4) is 0 Å². The van der Waals surface area contributed by atoms with Crippen molar-refractivity contribution in [3.8, 4) is 0 Å². The molecule has 0 radical (unpaired) electrons. The monoisotopic (exact) mass is 297 g/mol. The predicted molar refractivity (Wildman–Crippen MR) is 78.1 cm³/mol. The van der Waals surface area contributed by atoms with Gasteiger partial charge >= 0.3 is 0 Å². The topological polar surface area (TPSA) is 26.0 Å². The highest BCUT2D eigenvalue weighted by molar-refractivity contribution is 6.42. The molecule has 4 heteroatoms. The molecule has 1 unspecified atom stereocenters. The normalized spacial score (nSPS) is 14.2. The molecule has 2 aromatic rings. The Morgan fingerprint density at radius 1 is 1.05 bits per heavy atom. The molecule has 0 aliphatic carbocycles. The SMILES string of the molecule is CC(N)(Cc1ccc(F)cc1)c1ccc(Cl)c(Cl)c1. The van der Waals surface area contributed by atoms with Crippen molar-refractivity contribution in [2.45, 2.75) is 18.9 Å². The molecule has 0 spiro atoms. The van der Waals surface area contributed by atoms with E-state index in [1.165, 1.54) is 12.1 Å². The van der Waals surface area contributed by atoms with Crippen molar-refractivity contribution in [3.63, 3.8) is 0 Å². The Labute approximate surface area is 122 Å². The molecule has 0 heterocycles. The van der Waals surface area contributed by atoms with Gasteiger partial charge in [0.2, 0.25) is 0 Å². The van der Waals surface area contributed by atoms with Crippen LogP contribution in [0.25, 0.3) is 0 Å². The smallest absolute Gasteiger partial charge is 0.123 e. The van der Waals surface area contributed by atoms with E-state index in [-0.39, 0.29) is 5.82 Å². The quantitative estimate of drug-likeness (QED) is 0.884. The Kier molecular flexibility index (Phi) is 4.14. The van der Waals surface area contributed by atoms with Crippen LogP contribution < -0.4 is 5.73 Å². The van der Waals surface area contributed by atoms with Gasteiger partial charge in [-0.1, -0.05) is 41.4 Å². The lowest BCUT2D eigenvalue weighted by Gasteiger charge is -2.26. The number of benzene rings is 2. The highest BCUT2D eigenvalue weighted by Gasteiger charge is 2.22. The van der Waals surface area contributed by atoms with E-state index in [0.717, 1.165) is 11.1 Å². The molecule has 0 amide bonds. The number of hydrogen-bond acceptors (Lipinski definition) is 1. The van der Waals surface area contributed by atoms with E-state index in [2.05, 4.69) is 0 Å². The van der Waals surface area contributed by atoms with Gasteiger partial charge in [-0.3, -0.25) is 0 Å². The van der Waals surface area contributed by atoms with Crippen molar-refractivity contribution in [1.29, 1.82) is 0 Å². The van der Waals surface area contributed by atoms with Gasteiger partial charge in [0, 0.05) is 5.54 Å². The summed E-state index contributed by atoms with van der Waals surface area (Å²) >= 11 is 11.9. The summed E-state index contributed by atoms with van der Waals surface area (Å²) in [5.41, 5.74) is 7.60. The zero-order valence-electron chi connectivity index (χ0n) is 10.5. The van der Waals surface area contributed by atoms with Crippen molar-refractivity contribution in [2.24, 2.45) is 5.73 Å². The first-order chi connectivity index (χ1) is 8.88. The van der Waals surface area contributed by atoms with Crippen molar-refractivity contribution in [2.75, 3.05) is 0 Å². The molecule has 0 saturated carbocycles. The van der Waals surface area contributed by atoms with Crippen LogP contribution in [0.2, 0.25) is 10.0 Å². The maximum atomic E-state index is 12.9. The zero-order valence-corrected chi connectivity index (χ0v) is 12.0. The maximum Gasteiger partial charge on any atom is 0.123 e. The van der Waals surface area contributed by atoms with Gasteiger partial charge in [-0.05, 0) is 48.7 Å². The molecule has 2 N–H and O–H groups in total. The van der Waals surface area contributed by atoms with Crippen LogP contribution in [-0.4, -0.2) is 0 Å². The Balaban J connectivity index is 2.26. The van der Waals surface area contributed by atoms with Crippen molar-refractivity contribution < 1.29 is 4.39 Å². The summed E-state index contributed by atoms with van der Waals surface area (Å²) in [4.78, 5) is 0. The van der Waals surface area contributed by atoms with E-state index in [4.69, 9.17) is 28.9 Å². The third kappa shape index (κ3) is 3.47. The van der Waals surface area contributed by atoms with Gasteiger partial charge in [-0.2, -0.15) is 0 Å². The standard InChI is InChI=1S/C15H14Cl2FN/c1-15(19,9-10-2-5-12(18)6-3-10)11-4-7-13(16)14(17)8-11/h2-8H,9,19H2,1H3. The average Bonchev–Trinajstić information content (AvgIpc) is 2.35. The lowest BCUT2D eigenvalue weighted by atomic mass is 9.86. The highest BCUT2D eigenvalue weighted by atomic mass is 35.5. The van der Waals surface area contributed by atoms with Crippen molar-refractivity contribution >= 4 is 23.2 Å². The highest BCUT2D eigenvalue weighted by Crippen LogP contribution is 2.29. The van der Waals surface area contributed by atoms with Crippen LogP contribution in [0.5, 0.6) is 0 Å². The summed E-state index contributed by atoms with van der Waals surface area (Å²) in [6.45, 7) is 1.91. The minimum Gasteiger partial charge on any atom is -0.321 e. The molecule has 0 bridgehead atoms. The summed E-state index contributed by atoms with van der Waals surface area (Å²) in [5, 5.41) is 0.984. The van der Waals surface area contributed by atoms with Gasteiger partial charge in [0.05, 0.1) is 10.0 Å². The van der Waals surface area contributed by atoms with Gasteiger partial charge < -0.3 is 5.73 Å². The minimum atomic E-state index is -0.591. The first kappa shape index (κ1) is 14.3. The molecular formula is C15H14Cl2FN. The molecule has 1 nitrogen and oxygen atoms in total. The van der Waals surface area contributed by atoms with E-state index in [0.29, 0.717) is 16.5 Å². The van der Waals surface area contributed by atoms with E-state index in [9.17, 15) is 4.39 Å². The van der Waals surface area contributed by atoms with Crippen LogP contribution in [-0.2, 0) is 12.0 Å². The third-order valence-electron chi connectivity index (χ3n) is 3.06. The Morgan fingerprint density at radius 2 is 1.68 bits per heavy atom. The summed E-state index contributed by atoms with van der Waals surface area (Å²) in [7, 11) is 0. The second-order valence-corrected chi connectivity index (χ2v) is 5.66. The Morgan fingerprint density at radius 3 is 2.26 bits per heavy atom. The minimum absolute atomic E-state index is 0.253. The molecule has 0 fully saturated rings. The zero-order chi connectivity index (χ0) is 14.0. The molecule has 100 valence electrons. The first-order valence-corrected chi connectivity index (χ1v) is 6.63. The van der Waals surface area contributed by atoms with Gasteiger partial charge in [-0.15, -0.1) is 0 Å². The predicted octanol–water partition coefficient (Wildman–Crippen LogP) is 4.55. The van der Waals surface area contributed by atoms with Crippen molar-refractivity contribution in [3.05, 3.63) is 69.5 Å². The van der Waals surface area contributed by atoms with E-state index in [1.807, 2.05) is 13.0 Å². The molecule has 0 saturated heterocycles. The van der Waals surface area contributed by atoms with Gasteiger partial charge in [-0.25, -0.2) is 4.39 Å². The summed E-state index contributed by atoms with van der Waals surface area (Å²) in [6, 6.07) is 11.7. The fraction of sp³-hybridized carbons (Fsp3) is 0.200. The third-order valence-corrected chi connectivity index (χ3v) is 3.80. The molecule has 0 aromatic heterocycles. The first-order valence-electron chi connectivity index (χ1n) is 5.87. The van der Waals surface area contributed by atoms with Gasteiger partial charge in [0.15, 0.2) is 0 Å². The molecule has 2 rings (SSSR count). The molecule has 1 atom stereocenters. The maximum absolute atomic E-state index is 12.9. The second kappa shape index (κ2) is 5.49. The van der Waals surface area contributed by atoms with Crippen LogP contribution in [0.4, 0.5) is 4.39 Å². The van der Waals surface area contributed by atoms with Crippen LogP contribution >= 0.6 is 23.2 Å². The lowest BCUT2D eigenvalue weighted by molar-refractivity contribution is 0.491. The molecule has 0 aliphatic rings. The van der Waals surface area contributed by atoms with Gasteiger partial charge in [0.25, 0.3) is 0 Å². The second-order valence-electron chi connectivity index (χ2n) is 4.85. The molecule has 19 heavy (non-hydrogen) atoms. The van der Waals surface area contributed by atoms with Crippen molar-refractivity contribution in [1.82, 2.24) is 0 Å². The Hall–Kier alpha value is -1.09. The molecule has 0 aliphatic heterocycles. The van der Waals surface area contributed by atoms with Crippen LogP contribution in [0.1, 0.15) is 18.1 Å². The van der Waals surface area contributed by atoms with Crippen LogP contribution in [0.15, 0.2) is 42.5 Å². The lowest BCUT2D eigenvalue weighted by Crippen LogP contribution is -2.35. The number of hydrogen-bond donors (Lipinski definition) is 1. The van der Waals surface area contributed by atoms with Crippen LogP contribution in [0, 0.1) is 5.82 Å². The van der Waals surface area contributed by atoms with E-state index in [1.54, 1.807) is 24.3 Å². The van der Waals surface area contributed by atoms with Gasteiger partial charge in [0.1, 0.15) is 5.82 Å². The number of nitrogens with two attached hydrogens (primary N) is 1. The van der Waals surface area contributed by atoms with E-state index < -0.39 is 5.54 Å². The number of rotatable bonds is 3. The molecular weight excluding hydrogens is 284 g/mol. The largest absolute Gasteiger partial charge is 0.321 e. The summed E-state index contributed by atoms with van der Waals surface area (Å²) in [6.07, 6.45) is 0.589. The fourth-order valence-electron chi connectivity index (χ4n) is 1.98. The number of halogens is 3. The summed E-state index contributed by atoms with van der Waals surface area (Å²) in [5.74, 6) is -0.253. The fourth-order valence-corrected chi connectivity index (χ4v) is 2.28. The van der Waals surface area contributed by atoms with E-state index >= 15 is 0 Å². The Bertz CT molecular complexity index is 579. The average molecular weight is 298 g/mol. The molecule has 2 aromatic carbocycles. The summed E-state index contributed by atoms with van der Waals surface area (Å²) < 4.78 is 12.9.